The van der Waals surface area contributed by atoms with Crippen molar-refractivity contribution in [3.05, 3.63) is 58.1 Å². The van der Waals surface area contributed by atoms with Crippen LogP contribution in [0.1, 0.15) is 11.1 Å². The molecular weight excluding hydrogens is 202 g/mol. The second-order valence-corrected chi connectivity index (χ2v) is 3.43. The number of nitriles is 1. The van der Waals surface area contributed by atoms with Crippen molar-refractivity contribution in [1.29, 1.82) is 5.26 Å². The third-order valence-corrected chi connectivity index (χ3v) is 2.18. The molecule has 0 amide bonds. The molecule has 0 aliphatic carbocycles. The summed E-state index contributed by atoms with van der Waals surface area (Å²) in [6, 6.07) is 8.46. The topological polar surface area (TPSA) is 58.7 Å². The first-order valence-electron chi connectivity index (χ1n) is 4.76. The summed E-state index contributed by atoms with van der Waals surface area (Å²) in [7, 11) is 0. The van der Waals surface area contributed by atoms with Crippen LogP contribution in [0.5, 0.6) is 0 Å². The minimum Gasteiger partial charge on any atom is -0.269 e. The van der Waals surface area contributed by atoms with Crippen LogP contribution >= 0.6 is 0 Å². The summed E-state index contributed by atoms with van der Waals surface area (Å²) in [5, 5.41) is 8.76. The normalized spacial score (nSPS) is 9.75. The zero-order chi connectivity index (χ0) is 11.5. The molecule has 16 heavy (non-hydrogen) atoms. The zero-order valence-corrected chi connectivity index (χ0v) is 8.71. The standard InChI is InChI=1S/C12H9N3O/c1-9-2-4-11(14-7-9)15-8-10(6-13)3-5-12(15)16/h2-5,7-8H,1H3. The van der Waals surface area contributed by atoms with Gasteiger partial charge in [0.1, 0.15) is 11.9 Å². The molecule has 0 atom stereocenters. The molecule has 0 unspecified atom stereocenters. The first kappa shape index (κ1) is 10.1. The van der Waals surface area contributed by atoms with Gasteiger partial charge in [-0.25, -0.2) is 4.98 Å². The van der Waals surface area contributed by atoms with Gasteiger partial charge in [0.25, 0.3) is 5.56 Å². The molecule has 0 saturated carbocycles. The molecule has 0 radical (unpaired) electrons. The third kappa shape index (κ3) is 1.84. The maximum absolute atomic E-state index is 11.6. The highest BCUT2D eigenvalue weighted by molar-refractivity contribution is 5.31. The lowest BCUT2D eigenvalue weighted by atomic mass is 10.3. The van der Waals surface area contributed by atoms with E-state index in [1.165, 1.54) is 22.9 Å². The number of hydrogen-bond donors (Lipinski definition) is 0. The van der Waals surface area contributed by atoms with Crippen LogP contribution in [0.2, 0.25) is 0 Å². The summed E-state index contributed by atoms with van der Waals surface area (Å²) >= 11 is 0. The summed E-state index contributed by atoms with van der Waals surface area (Å²) in [5.74, 6) is 0.521. The molecule has 0 aliphatic heterocycles. The van der Waals surface area contributed by atoms with Crippen molar-refractivity contribution in [2.45, 2.75) is 6.92 Å². The maximum Gasteiger partial charge on any atom is 0.256 e. The Kier molecular flexibility index (Phi) is 2.52. The summed E-state index contributed by atoms with van der Waals surface area (Å²) in [5.41, 5.74) is 1.26. The average molecular weight is 211 g/mol. The summed E-state index contributed by atoms with van der Waals surface area (Å²) < 4.78 is 1.36. The molecule has 0 saturated heterocycles. The van der Waals surface area contributed by atoms with Crippen molar-refractivity contribution in [1.82, 2.24) is 9.55 Å². The van der Waals surface area contributed by atoms with Crippen molar-refractivity contribution >= 4 is 0 Å². The predicted octanol–water partition coefficient (Wildman–Crippen LogP) is 1.41. The van der Waals surface area contributed by atoms with Gasteiger partial charge in [0.15, 0.2) is 0 Å². The van der Waals surface area contributed by atoms with E-state index in [9.17, 15) is 4.79 Å². The largest absolute Gasteiger partial charge is 0.269 e. The fourth-order valence-electron chi connectivity index (χ4n) is 1.33. The lowest BCUT2D eigenvalue weighted by Crippen LogP contribution is -2.17. The van der Waals surface area contributed by atoms with Crippen molar-refractivity contribution in [2.24, 2.45) is 0 Å². The SMILES string of the molecule is Cc1ccc(-n2cc(C#N)ccc2=O)nc1. The molecule has 2 aromatic heterocycles. The summed E-state index contributed by atoms with van der Waals surface area (Å²) in [6.07, 6.45) is 3.17. The van der Waals surface area contributed by atoms with E-state index in [1.54, 1.807) is 12.3 Å². The fraction of sp³-hybridized carbons (Fsp3) is 0.0833. The van der Waals surface area contributed by atoms with Crippen LogP contribution in [-0.4, -0.2) is 9.55 Å². The first-order valence-corrected chi connectivity index (χ1v) is 4.76. The van der Waals surface area contributed by atoms with Gasteiger partial charge in [0.2, 0.25) is 0 Å². The summed E-state index contributed by atoms with van der Waals surface area (Å²) in [6.45, 7) is 1.92. The Labute approximate surface area is 92.4 Å². The van der Waals surface area contributed by atoms with E-state index in [-0.39, 0.29) is 5.56 Å². The minimum absolute atomic E-state index is 0.199. The Hall–Kier alpha value is -2.41. The molecular formula is C12H9N3O. The van der Waals surface area contributed by atoms with Crippen LogP contribution in [-0.2, 0) is 0 Å². The maximum atomic E-state index is 11.6. The predicted molar refractivity (Wildman–Crippen MR) is 59.3 cm³/mol. The van der Waals surface area contributed by atoms with E-state index in [0.717, 1.165) is 5.56 Å². The van der Waals surface area contributed by atoms with Crippen LogP contribution in [0.4, 0.5) is 0 Å². The van der Waals surface area contributed by atoms with Crippen LogP contribution in [0.15, 0.2) is 41.5 Å². The van der Waals surface area contributed by atoms with E-state index >= 15 is 0 Å². The molecule has 2 rings (SSSR count). The van der Waals surface area contributed by atoms with Crippen molar-refractivity contribution < 1.29 is 0 Å². The van der Waals surface area contributed by atoms with Gasteiger partial charge in [-0.05, 0) is 24.6 Å². The number of aromatic nitrogens is 2. The molecule has 0 N–H and O–H groups in total. The molecule has 78 valence electrons. The molecule has 0 fully saturated rings. The van der Waals surface area contributed by atoms with E-state index < -0.39 is 0 Å². The minimum atomic E-state index is -0.199. The van der Waals surface area contributed by atoms with Gasteiger partial charge in [0, 0.05) is 18.5 Å². The van der Waals surface area contributed by atoms with Crippen LogP contribution in [0.25, 0.3) is 5.82 Å². The van der Waals surface area contributed by atoms with E-state index in [2.05, 4.69) is 4.98 Å². The Morgan fingerprint density at radius 3 is 2.75 bits per heavy atom. The number of nitrogens with zero attached hydrogens (tertiary/aromatic N) is 3. The molecule has 0 bridgehead atoms. The van der Waals surface area contributed by atoms with Gasteiger partial charge in [-0.1, -0.05) is 6.07 Å². The van der Waals surface area contributed by atoms with Crippen molar-refractivity contribution in [3.8, 4) is 11.9 Å². The molecule has 2 aromatic rings. The molecule has 0 spiro atoms. The second kappa shape index (κ2) is 3.99. The zero-order valence-electron chi connectivity index (χ0n) is 8.71. The van der Waals surface area contributed by atoms with E-state index in [1.807, 2.05) is 19.1 Å². The van der Waals surface area contributed by atoms with E-state index in [4.69, 9.17) is 5.26 Å². The number of hydrogen-bond acceptors (Lipinski definition) is 3. The first-order chi connectivity index (χ1) is 7.70. The lowest BCUT2D eigenvalue weighted by molar-refractivity contribution is 0.934. The third-order valence-electron chi connectivity index (χ3n) is 2.18. The Balaban J connectivity index is 2.60. The smallest absolute Gasteiger partial charge is 0.256 e. The van der Waals surface area contributed by atoms with Gasteiger partial charge in [-0.3, -0.25) is 9.36 Å². The van der Waals surface area contributed by atoms with Gasteiger partial charge in [-0.15, -0.1) is 0 Å². The van der Waals surface area contributed by atoms with Crippen LogP contribution in [0, 0.1) is 18.3 Å². The molecule has 4 nitrogen and oxygen atoms in total. The molecule has 4 heteroatoms. The summed E-state index contributed by atoms with van der Waals surface area (Å²) in [4.78, 5) is 15.7. The monoisotopic (exact) mass is 211 g/mol. The van der Waals surface area contributed by atoms with Gasteiger partial charge < -0.3 is 0 Å². The highest BCUT2D eigenvalue weighted by atomic mass is 16.1. The number of pyridine rings is 2. The van der Waals surface area contributed by atoms with Crippen molar-refractivity contribution in [2.75, 3.05) is 0 Å². The lowest BCUT2D eigenvalue weighted by Gasteiger charge is -2.04. The number of rotatable bonds is 1. The Morgan fingerprint density at radius 2 is 2.12 bits per heavy atom. The van der Waals surface area contributed by atoms with Gasteiger partial charge >= 0.3 is 0 Å². The molecule has 2 heterocycles. The highest BCUT2D eigenvalue weighted by Gasteiger charge is 2.01. The molecule has 0 aromatic carbocycles. The Bertz CT molecular complexity index is 605. The van der Waals surface area contributed by atoms with Crippen molar-refractivity contribution in [3.63, 3.8) is 0 Å². The number of aryl methyl sites for hydroxylation is 1. The van der Waals surface area contributed by atoms with E-state index in [0.29, 0.717) is 11.4 Å². The second-order valence-electron chi connectivity index (χ2n) is 3.43. The van der Waals surface area contributed by atoms with Gasteiger partial charge in [-0.2, -0.15) is 5.26 Å². The van der Waals surface area contributed by atoms with Gasteiger partial charge in [0.05, 0.1) is 5.56 Å². The molecule has 0 aliphatic rings. The highest BCUT2D eigenvalue weighted by Crippen LogP contribution is 2.03. The average Bonchev–Trinajstić information content (AvgIpc) is 2.31. The quantitative estimate of drug-likeness (QED) is 0.716. The van der Waals surface area contributed by atoms with Crippen LogP contribution < -0.4 is 5.56 Å². The Morgan fingerprint density at radius 1 is 1.31 bits per heavy atom. The van der Waals surface area contributed by atoms with Crippen LogP contribution in [0.3, 0.4) is 0 Å². The fourth-order valence-corrected chi connectivity index (χ4v) is 1.33.